The number of aromatic amines is 2. The van der Waals surface area contributed by atoms with Crippen molar-refractivity contribution in [2.24, 2.45) is 11.8 Å². The minimum atomic E-state index is -0.689. The van der Waals surface area contributed by atoms with Gasteiger partial charge in [0.2, 0.25) is 18.2 Å². The maximum absolute atomic E-state index is 14.4. The number of nitrogens with zero attached hydrogens (tertiary/aromatic N) is 4. The lowest BCUT2D eigenvalue weighted by atomic mass is 9.80. The summed E-state index contributed by atoms with van der Waals surface area (Å²) in [6.07, 6.45) is 18.7. The van der Waals surface area contributed by atoms with E-state index in [9.17, 15) is 19.2 Å². The molecule has 2 aromatic heterocycles. The minimum Gasteiger partial charge on any atom is -0.453 e. The molecular formula is C51H64N8O7. The van der Waals surface area contributed by atoms with Gasteiger partial charge in [0.05, 0.1) is 54.2 Å². The number of alkyl carbamates (subject to hydrolysis) is 1. The van der Waals surface area contributed by atoms with Crippen molar-refractivity contribution in [3.8, 4) is 33.6 Å². The van der Waals surface area contributed by atoms with Crippen LogP contribution >= 0.6 is 0 Å². The first-order valence-electron chi connectivity index (χ1n) is 24.5. The van der Waals surface area contributed by atoms with Gasteiger partial charge in [-0.2, -0.15) is 0 Å². The molecule has 15 heteroatoms. The van der Waals surface area contributed by atoms with Crippen molar-refractivity contribution in [1.82, 2.24) is 40.4 Å². The Kier molecular flexibility index (Phi) is 12.7. The molecule has 6 atom stereocenters. The predicted molar refractivity (Wildman–Crippen MR) is 246 cm³/mol. The molecule has 6 fully saturated rings. The van der Waals surface area contributed by atoms with E-state index < -0.39 is 18.2 Å². The van der Waals surface area contributed by atoms with Crippen molar-refractivity contribution in [3.05, 3.63) is 72.6 Å². The molecule has 0 radical (unpaired) electrons. The second kappa shape index (κ2) is 19.0. The maximum atomic E-state index is 14.4. The zero-order valence-corrected chi connectivity index (χ0v) is 38.1. The number of carbonyl (C=O) groups is 4. The number of imidazole rings is 2. The highest BCUT2D eigenvalue weighted by molar-refractivity contribution is 5.87. The van der Waals surface area contributed by atoms with E-state index in [1.165, 1.54) is 7.11 Å². The zero-order valence-electron chi connectivity index (χ0n) is 38.1. The van der Waals surface area contributed by atoms with Crippen LogP contribution in [0.4, 0.5) is 4.79 Å². The number of hydrogen-bond donors (Lipinski definition) is 4. The molecular weight excluding hydrogens is 837 g/mol. The fourth-order valence-corrected chi connectivity index (χ4v) is 12.5. The number of nitrogens with one attached hydrogen (secondary N) is 4. The molecule has 6 aliphatic rings. The monoisotopic (exact) mass is 900 g/mol. The third kappa shape index (κ3) is 8.88. The quantitative estimate of drug-likeness (QED) is 0.103. The van der Waals surface area contributed by atoms with Gasteiger partial charge in [-0.15, -0.1) is 0 Å². The summed E-state index contributed by atoms with van der Waals surface area (Å²) in [7, 11) is 1.34. The van der Waals surface area contributed by atoms with E-state index in [1.54, 1.807) is 0 Å². The highest BCUT2D eigenvalue weighted by Crippen LogP contribution is 2.45. The van der Waals surface area contributed by atoms with Gasteiger partial charge < -0.3 is 44.6 Å². The molecule has 6 heterocycles. The van der Waals surface area contributed by atoms with Gasteiger partial charge in [-0.25, -0.2) is 14.8 Å². The number of H-pyrrole nitrogens is 2. The molecule has 0 bridgehead atoms. The predicted octanol–water partition coefficient (Wildman–Crippen LogP) is 7.78. The van der Waals surface area contributed by atoms with Crippen LogP contribution in [0.1, 0.15) is 126 Å². The summed E-state index contributed by atoms with van der Waals surface area (Å²) >= 11 is 0. The molecule has 66 heavy (non-hydrogen) atoms. The summed E-state index contributed by atoms with van der Waals surface area (Å²) in [6.45, 7) is 2.45. The molecule has 2 saturated carbocycles. The maximum Gasteiger partial charge on any atom is 0.407 e. The molecule has 15 nitrogen and oxygen atoms in total. The van der Waals surface area contributed by atoms with Gasteiger partial charge in [-0.3, -0.25) is 14.4 Å². The topological polar surface area (TPSA) is 184 Å². The minimum absolute atomic E-state index is 0.0272. The average Bonchev–Trinajstić information content (AvgIpc) is 4.21. The first-order chi connectivity index (χ1) is 32.2. The van der Waals surface area contributed by atoms with E-state index in [2.05, 4.69) is 69.1 Å². The van der Waals surface area contributed by atoms with E-state index in [-0.39, 0.29) is 46.9 Å². The van der Waals surface area contributed by atoms with Crippen LogP contribution in [-0.2, 0) is 28.6 Å². The zero-order chi connectivity index (χ0) is 45.3. The first kappa shape index (κ1) is 44.3. The number of amides is 4. The molecule has 4 aromatic rings. The Hall–Kier alpha value is -5.54. The summed E-state index contributed by atoms with van der Waals surface area (Å²) < 4.78 is 17.5. The molecule has 10 rings (SSSR count). The Morgan fingerprint density at radius 3 is 1.56 bits per heavy atom. The highest BCUT2D eigenvalue weighted by Gasteiger charge is 2.48. The van der Waals surface area contributed by atoms with Crippen LogP contribution in [0, 0.1) is 11.8 Å². The number of rotatable bonds is 12. The Morgan fingerprint density at radius 2 is 1.11 bits per heavy atom. The van der Waals surface area contributed by atoms with E-state index in [1.807, 2.05) is 22.2 Å². The van der Waals surface area contributed by atoms with Gasteiger partial charge in [-0.1, -0.05) is 74.2 Å². The molecule has 4 aliphatic heterocycles. The number of methoxy groups -OCH3 is 1. The van der Waals surface area contributed by atoms with Gasteiger partial charge in [0.15, 0.2) is 0 Å². The number of likely N-dealkylation sites (tertiary alicyclic amines) is 2. The largest absolute Gasteiger partial charge is 0.453 e. The fraction of sp³-hybridized carbons (Fsp3) is 0.569. The average molecular weight is 901 g/mol. The van der Waals surface area contributed by atoms with Crippen LogP contribution in [0.2, 0.25) is 0 Å². The number of benzene rings is 2. The van der Waals surface area contributed by atoms with Gasteiger partial charge in [-0.05, 0) is 111 Å². The van der Waals surface area contributed by atoms with Crippen molar-refractivity contribution in [2.75, 3.05) is 33.4 Å². The number of aromatic nitrogens is 4. The lowest BCUT2D eigenvalue weighted by Crippen LogP contribution is -2.55. The van der Waals surface area contributed by atoms with Crippen molar-refractivity contribution in [3.63, 3.8) is 0 Å². The van der Waals surface area contributed by atoms with Gasteiger partial charge in [0.25, 0.3) is 0 Å². The first-order valence-corrected chi connectivity index (χ1v) is 24.5. The lowest BCUT2D eigenvalue weighted by molar-refractivity contribution is -0.142. The normalized spacial score (nSPS) is 25.5. The van der Waals surface area contributed by atoms with E-state index in [4.69, 9.17) is 24.2 Å². The Labute approximate surface area is 386 Å². The van der Waals surface area contributed by atoms with Crippen molar-refractivity contribution >= 4 is 24.3 Å². The fourth-order valence-electron chi connectivity index (χ4n) is 12.5. The van der Waals surface area contributed by atoms with Gasteiger partial charge >= 0.3 is 6.09 Å². The Balaban J connectivity index is 0.782. The summed E-state index contributed by atoms with van der Waals surface area (Å²) in [5, 5.41) is 5.84. The molecule has 2 aliphatic carbocycles. The number of carbonyl (C=O) groups excluding carboxylic acids is 4. The molecule has 4 amide bonds. The van der Waals surface area contributed by atoms with E-state index >= 15 is 0 Å². The molecule has 2 spiro atoms. The SMILES string of the molecule is COC(=O)NC(C(=O)N1CCC[C@H]1c1ncc(-c2ccc(-c3ccc(-c4cnc([C@@H]5CCCN5C(=O)C(NC=O)C5CCOC6(CCCC6)C5)[nH]4)cc3)cc2)[nH]1)C1CCOC2(CCCC2)C1. The van der Waals surface area contributed by atoms with Crippen LogP contribution in [0.5, 0.6) is 0 Å². The number of ether oxygens (including phenoxy) is 3. The van der Waals surface area contributed by atoms with Crippen LogP contribution < -0.4 is 10.6 Å². The molecule has 350 valence electrons. The Morgan fingerprint density at radius 1 is 0.667 bits per heavy atom. The van der Waals surface area contributed by atoms with Crippen LogP contribution in [0.25, 0.3) is 33.6 Å². The molecule has 2 aromatic carbocycles. The molecule has 4 N–H and O–H groups in total. The third-order valence-corrected chi connectivity index (χ3v) is 15.9. The van der Waals surface area contributed by atoms with Crippen LogP contribution in [0.3, 0.4) is 0 Å². The van der Waals surface area contributed by atoms with Crippen LogP contribution in [-0.4, -0.2) is 111 Å². The van der Waals surface area contributed by atoms with Gasteiger partial charge in [0, 0.05) is 26.3 Å². The van der Waals surface area contributed by atoms with E-state index in [0.717, 1.165) is 142 Å². The third-order valence-electron chi connectivity index (χ3n) is 15.9. The Bertz CT molecular complexity index is 2350. The van der Waals surface area contributed by atoms with Crippen LogP contribution in [0.15, 0.2) is 60.9 Å². The smallest absolute Gasteiger partial charge is 0.407 e. The highest BCUT2D eigenvalue weighted by atomic mass is 16.5. The second-order valence-corrected chi connectivity index (χ2v) is 19.8. The summed E-state index contributed by atoms with van der Waals surface area (Å²) in [5.41, 5.74) is 5.54. The van der Waals surface area contributed by atoms with Gasteiger partial charge in [0.1, 0.15) is 23.7 Å². The standard InChI is InChI=1S/C51H64N8O7/c1-64-49(63)57-44(38-19-27-66-51(29-38)22-4-5-23-51)48(62)59-25-7-9-42(59)46-53-31-40(56-46)36-16-12-34(13-17-36)33-10-14-35(15-11-33)39-30-52-45(55-39)41-8-6-24-58(41)47(61)43(54-32-60)37-18-26-65-50(28-37)20-2-3-21-50/h10-17,30-32,37-38,41-44H,2-9,18-29H2,1H3,(H,52,55)(H,53,56)(H,54,60)(H,57,63)/t37?,38?,41-,42-,43?,44?/m0/s1. The van der Waals surface area contributed by atoms with Crippen molar-refractivity contribution < 1.29 is 33.4 Å². The summed E-state index contributed by atoms with van der Waals surface area (Å²) in [6, 6.07) is 15.1. The van der Waals surface area contributed by atoms with Crippen molar-refractivity contribution in [2.45, 2.75) is 138 Å². The second-order valence-electron chi connectivity index (χ2n) is 19.8. The number of hydrogen-bond acceptors (Lipinski definition) is 9. The summed E-state index contributed by atoms with van der Waals surface area (Å²) in [5.74, 6) is 1.41. The lowest BCUT2D eigenvalue weighted by Gasteiger charge is -2.42. The van der Waals surface area contributed by atoms with E-state index in [0.29, 0.717) is 39.1 Å². The summed E-state index contributed by atoms with van der Waals surface area (Å²) in [4.78, 5) is 73.4. The molecule has 4 saturated heterocycles. The van der Waals surface area contributed by atoms with Crippen molar-refractivity contribution in [1.29, 1.82) is 0 Å². The molecule has 4 unspecified atom stereocenters.